The van der Waals surface area contributed by atoms with Crippen LogP contribution in [0.4, 0.5) is 0 Å². The average molecular weight is 216 g/mol. The van der Waals surface area contributed by atoms with Gasteiger partial charge in [0.15, 0.2) is 0 Å². The van der Waals surface area contributed by atoms with Crippen LogP contribution in [0, 0.1) is 0 Å². The van der Waals surface area contributed by atoms with E-state index in [0.29, 0.717) is 12.4 Å². The third-order valence-corrected chi connectivity index (χ3v) is 2.38. The number of carboxylic acids is 1. The zero-order valence-corrected chi connectivity index (χ0v) is 8.93. The fourth-order valence-corrected chi connectivity index (χ4v) is 1.71. The highest BCUT2D eigenvalue weighted by atomic mass is 16.5. The van der Waals surface area contributed by atoms with Gasteiger partial charge >= 0.3 is 5.97 Å². The van der Waals surface area contributed by atoms with Crippen LogP contribution in [0.2, 0.25) is 0 Å². The molecular weight excluding hydrogens is 204 g/mol. The molecule has 0 aliphatic rings. The Morgan fingerprint density at radius 3 is 2.75 bits per heavy atom. The maximum atomic E-state index is 11.1. The highest BCUT2D eigenvalue weighted by Crippen LogP contribution is 2.25. The van der Waals surface area contributed by atoms with Gasteiger partial charge in [0.2, 0.25) is 0 Å². The Labute approximate surface area is 93.3 Å². The van der Waals surface area contributed by atoms with E-state index in [4.69, 9.17) is 9.84 Å². The number of aromatic carboxylic acids is 1. The molecule has 2 aromatic rings. The predicted molar refractivity (Wildman–Crippen MR) is 62.1 cm³/mol. The SMILES string of the molecule is CCOc1cc(C(=O)O)c2ccccc2c1. The molecule has 0 bridgehead atoms. The van der Waals surface area contributed by atoms with Crippen LogP contribution in [-0.4, -0.2) is 17.7 Å². The molecule has 2 aromatic carbocycles. The number of ether oxygens (including phenoxy) is 1. The molecule has 1 N–H and O–H groups in total. The van der Waals surface area contributed by atoms with Gasteiger partial charge in [-0.1, -0.05) is 24.3 Å². The number of fused-ring (bicyclic) bond motifs is 1. The molecule has 0 aromatic heterocycles. The van der Waals surface area contributed by atoms with E-state index in [0.717, 1.165) is 10.8 Å². The lowest BCUT2D eigenvalue weighted by Gasteiger charge is -2.07. The zero-order chi connectivity index (χ0) is 11.5. The topological polar surface area (TPSA) is 46.5 Å². The van der Waals surface area contributed by atoms with Crippen LogP contribution in [-0.2, 0) is 0 Å². The van der Waals surface area contributed by atoms with Crippen LogP contribution >= 0.6 is 0 Å². The van der Waals surface area contributed by atoms with Crippen LogP contribution in [0.25, 0.3) is 10.8 Å². The Morgan fingerprint density at radius 2 is 2.06 bits per heavy atom. The minimum atomic E-state index is -0.933. The molecule has 0 spiro atoms. The van der Waals surface area contributed by atoms with Gasteiger partial charge in [-0.05, 0) is 29.8 Å². The van der Waals surface area contributed by atoms with E-state index >= 15 is 0 Å². The molecule has 0 amide bonds. The van der Waals surface area contributed by atoms with E-state index in [9.17, 15) is 4.79 Å². The summed E-state index contributed by atoms with van der Waals surface area (Å²) < 4.78 is 5.34. The molecule has 82 valence electrons. The lowest BCUT2D eigenvalue weighted by Crippen LogP contribution is -2.00. The molecule has 0 radical (unpaired) electrons. The summed E-state index contributed by atoms with van der Waals surface area (Å²) in [4.78, 5) is 11.1. The second-order valence-electron chi connectivity index (χ2n) is 3.43. The van der Waals surface area contributed by atoms with Gasteiger partial charge in [0, 0.05) is 0 Å². The van der Waals surface area contributed by atoms with E-state index < -0.39 is 5.97 Å². The fraction of sp³-hybridized carbons (Fsp3) is 0.154. The molecule has 0 aliphatic heterocycles. The van der Waals surface area contributed by atoms with Crippen molar-refractivity contribution in [3.63, 3.8) is 0 Å². The molecule has 2 rings (SSSR count). The van der Waals surface area contributed by atoms with Crippen LogP contribution in [0.5, 0.6) is 5.75 Å². The Bertz CT molecular complexity index is 532. The van der Waals surface area contributed by atoms with Crippen LogP contribution in [0.15, 0.2) is 36.4 Å². The molecule has 0 saturated carbocycles. The first-order valence-corrected chi connectivity index (χ1v) is 5.11. The summed E-state index contributed by atoms with van der Waals surface area (Å²) in [6.45, 7) is 2.40. The van der Waals surface area contributed by atoms with Crippen LogP contribution < -0.4 is 4.74 Å². The third-order valence-electron chi connectivity index (χ3n) is 2.38. The van der Waals surface area contributed by atoms with Gasteiger partial charge in [-0.3, -0.25) is 0 Å². The summed E-state index contributed by atoms with van der Waals surface area (Å²) in [5, 5.41) is 10.7. The maximum absolute atomic E-state index is 11.1. The van der Waals surface area contributed by atoms with E-state index in [1.165, 1.54) is 0 Å². The zero-order valence-electron chi connectivity index (χ0n) is 8.93. The molecule has 16 heavy (non-hydrogen) atoms. The first-order chi connectivity index (χ1) is 7.72. The van der Waals surface area contributed by atoms with Gasteiger partial charge < -0.3 is 9.84 Å². The second-order valence-corrected chi connectivity index (χ2v) is 3.43. The number of carbonyl (C=O) groups is 1. The number of hydrogen-bond acceptors (Lipinski definition) is 2. The number of carboxylic acid groups (broad SMARTS) is 1. The van der Waals surface area contributed by atoms with Crippen molar-refractivity contribution >= 4 is 16.7 Å². The monoisotopic (exact) mass is 216 g/mol. The lowest BCUT2D eigenvalue weighted by atomic mass is 10.0. The van der Waals surface area contributed by atoms with Gasteiger partial charge in [-0.15, -0.1) is 0 Å². The minimum Gasteiger partial charge on any atom is -0.494 e. The first kappa shape index (κ1) is 10.5. The van der Waals surface area contributed by atoms with E-state index in [-0.39, 0.29) is 5.56 Å². The average Bonchev–Trinajstić information content (AvgIpc) is 2.28. The molecule has 0 fully saturated rings. The summed E-state index contributed by atoms with van der Waals surface area (Å²) in [6, 6.07) is 10.8. The molecule has 0 heterocycles. The highest BCUT2D eigenvalue weighted by molar-refractivity contribution is 6.04. The Hall–Kier alpha value is -2.03. The van der Waals surface area contributed by atoms with Crippen LogP contribution in [0.1, 0.15) is 17.3 Å². The Morgan fingerprint density at radius 1 is 1.31 bits per heavy atom. The number of rotatable bonds is 3. The lowest BCUT2D eigenvalue weighted by molar-refractivity contribution is 0.0698. The highest BCUT2D eigenvalue weighted by Gasteiger charge is 2.10. The van der Waals surface area contributed by atoms with Gasteiger partial charge in [0.05, 0.1) is 12.2 Å². The molecule has 0 saturated heterocycles. The first-order valence-electron chi connectivity index (χ1n) is 5.11. The molecule has 3 heteroatoms. The second kappa shape index (κ2) is 4.23. The standard InChI is InChI=1S/C13H12O3/c1-2-16-10-7-9-5-3-4-6-11(9)12(8-10)13(14)15/h3-8H,2H2,1H3,(H,14,15). The maximum Gasteiger partial charge on any atom is 0.336 e. The van der Waals surface area contributed by atoms with Gasteiger partial charge in [-0.25, -0.2) is 4.79 Å². The van der Waals surface area contributed by atoms with Crippen molar-refractivity contribution in [2.45, 2.75) is 6.92 Å². The number of hydrogen-bond donors (Lipinski definition) is 1. The smallest absolute Gasteiger partial charge is 0.336 e. The predicted octanol–water partition coefficient (Wildman–Crippen LogP) is 2.94. The molecule has 0 atom stereocenters. The van der Waals surface area contributed by atoms with Crippen molar-refractivity contribution in [2.75, 3.05) is 6.61 Å². The number of benzene rings is 2. The van der Waals surface area contributed by atoms with Crippen molar-refractivity contribution < 1.29 is 14.6 Å². The van der Waals surface area contributed by atoms with Crippen molar-refractivity contribution in [1.29, 1.82) is 0 Å². The van der Waals surface area contributed by atoms with Crippen molar-refractivity contribution in [1.82, 2.24) is 0 Å². The molecule has 0 unspecified atom stereocenters. The van der Waals surface area contributed by atoms with E-state index in [1.807, 2.05) is 31.2 Å². The molecular formula is C13H12O3. The molecule has 0 aliphatic carbocycles. The summed E-state index contributed by atoms with van der Waals surface area (Å²) in [6.07, 6.45) is 0. The normalized spacial score (nSPS) is 10.3. The summed E-state index contributed by atoms with van der Waals surface area (Å²) >= 11 is 0. The van der Waals surface area contributed by atoms with Crippen molar-refractivity contribution in [3.05, 3.63) is 42.0 Å². The fourth-order valence-electron chi connectivity index (χ4n) is 1.71. The van der Waals surface area contributed by atoms with Gasteiger partial charge in [0.1, 0.15) is 5.75 Å². The summed E-state index contributed by atoms with van der Waals surface area (Å²) in [5.74, 6) is -0.337. The summed E-state index contributed by atoms with van der Waals surface area (Å²) in [5.41, 5.74) is 0.279. The van der Waals surface area contributed by atoms with Gasteiger partial charge in [0.25, 0.3) is 0 Å². The Kier molecular flexibility index (Phi) is 2.77. The van der Waals surface area contributed by atoms with E-state index in [1.54, 1.807) is 12.1 Å². The largest absolute Gasteiger partial charge is 0.494 e. The minimum absolute atomic E-state index is 0.279. The van der Waals surface area contributed by atoms with Crippen LogP contribution in [0.3, 0.4) is 0 Å². The Balaban J connectivity index is 2.68. The molecule has 3 nitrogen and oxygen atoms in total. The van der Waals surface area contributed by atoms with E-state index in [2.05, 4.69) is 0 Å². The quantitative estimate of drug-likeness (QED) is 0.858. The summed E-state index contributed by atoms with van der Waals surface area (Å²) in [7, 11) is 0. The van der Waals surface area contributed by atoms with Gasteiger partial charge in [-0.2, -0.15) is 0 Å². The third kappa shape index (κ3) is 1.84. The van der Waals surface area contributed by atoms with Crippen molar-refractivity contribution in [3.8, 4) is 5.75 Å². The van der Waals surface area contributed by atoms with Crippen molar-refractivity contribution in [2.24, 2.45) is 0 Å².